The number of terminal acetylenes is 1. The number of methoxy groups -OCH3 is 1. The second kappa shape index (κ2) is 13.1. The predicted molar refractivity (Wildman–Crippen MR) is 147 cm³/mol. The molecule has 0 unspecified atom stereocenters. The smallest absolute Gasteiger partial charge is 0.230 e. The second-order valence-corrected chi connectivity index (χ2v) is 8.54. The number of nitrogens with one attached hydrogen (secondary N) is 3. The summed E-state index contributed by atoms with van der Waals surface area (Å²) in [6, 6.07) is 11.3. The van der Waals surface area contributed by atoms with Crippen LogP contribution in [-0.4, -0.2) is 57.8 Å². The number of nitrogens with zero attached hydrogens (tertiary/aromatic N) is 4. The first-order valence-corrected chi connectivity index (χ1v) is 12.2. The average molecular weight is 548 g/mol. The van der Waals surface area contributed by atoms with Gasteiger partial charge in [-0.1, -0.05) is 18.6 Å². The number of H-pyrrole nitrogens is 1. The Morgan fingerprint density at radius 3 is 2.88 bits per heavy atom. The molecule has 2 aromatic carbocycles. The van der Waals surface area contributed by atoms with Gasteiger partial charge in [-0.15, -0.1) is 6.58 Å². The van der Waals surface area contributed by atoms with Gasteiger partial charge in [0.15, 0.2) is 29.0 Å². The molecule has 3 N–H and O–H groups in total. The summed E-state index contributed by atoms with van der Waals surface area (Å²) in [6.07, 6.45) is 9.19. The van der Waals surface area contributed by atoms with Gasteiger partial charge in [-0.3, -0.25) is 9.89 Å². The van der Waals surface area contributed by atoms with E-state index in [2.05, 4.69) is 43.4 Å². The molecule has 0 saturated carbocycles. The van der Waals surface area contributed by atoms with Crippen LogP contribution in [0, 0.1) is 24.1 Å². The van der Waals surface area contributed by atoms with Crippen LogP contribution in [0.1, 0.15) is 12.1 Å². The van der Waals surface area contributed by atoms with Crippen LogP contribution in [0.4, 0.5) is 26.1 Å². The number of rotatable bonds is 13. The summed E-state index contributed by atoms with van der Waals surface area (Å²) in [5, 5.41) is 13.0. The number of halogens is 2. The molecule has 0 bridgehead atoms. The molecule has 0 radical (unpaired) electrons. The summed E-state index contributed by atoms with van der Waals surface area (Å²) in [7, 11) is 1.54. The zero-order valence-corrected chi connectivity index (χ0v) is 21.7. The van der Waals surface area contributed by atoms with Crippen molar-refractivity contribution in [1.29, 1.82) is 0 Å². The Kier molecular flexibility index (Phi) is 9.09. The number of amides is 1. The molecule has 4 aromatic rings. The minimum atomic E-state index is -1.12. The van der Waals surface area contributed by atoms with Gasteiger partial charge in [0, 0.05) is 42.3 Å². The van der Waals surface area contributed by atoms with Crippen LogP contribution in [0.25, 0.3) is 10.9 Å². The van der Waals surface area contributed by atoms with Gasteiger partial charge in [0.2, 0.25) is 5.91 Å². The molecule has 40 heavy (non-hydrogen) atoms. The van der Waals surface area contributed by atoms with Crippen LogP contribution in [-0.2, 0) is 11.2 Å². The number of fused-ring (bicyclic) bond motifs is 1. The quantitative estimate of drug-likeness (QED) is 0.0976. The van der Waals surface area contributed by atoms with Crippen molar-refractivity contribution in [3.05, 3.63) is 72.7 Å². The van der Waals surface area contributed by atoms with Gasteiger partial charge >= 0.3 is 0 Å². The number of aromatic nitrogens is 4. The lowest BCUT2D eigenvalue weighted by molar-refractivity contribution is -0.115. The van der Waals surface area contributed by atoms with E-state index in [0.717, 1.165) is 6.07 Å². The highest BCUT2D eigenvalue weighted by atomic mass is 19.2. The van der Waals surface area contributed by atoms with Crippen molar-refractivity contribution in [3.63, 3.8) is 0 Å². The summed E-state index contributed by atoms with van der Waals surface area (Å²) >= 11 is 0. The third-order valence-corrected chi connectivity index (χ3v) is 5.74. The van der Waals surface area contributed by atoms with E-state index in [0.29, 0.717) is 65.8 Å². The Balaban J connectivity index is 1.42. The zero-order chi connectivity index (χ0) is 28.5. The molecular weight excluding hydrogens is 520 g/mol. The molecule has 0 spiro atoms. The van der Waals surface area contributed by atoms with Crippen molar-refractivity contribution in [3.8, 4) is 24.0 Å². The van der Waals surface area contributed by atoms with Crippen LogP contribution in [0.3, 0.4) is 0 Å². The third kappa shape index (κ3) is 6.82. The molecule has 4 rings (SSSR count). The predicted octanol–water partition coefficient (Wildman–Crippen LogP) is 4.41. The fourth-order valence-electron chi connectivity index (χ4n) is 3.84. The maximum absolute atomic E-state index is 13.8. The first-order chi connectivity index (χ1) is 19.4. The van der Waals surface area contributed by atoms with Crippen molar-refractivity contribution in [2.24, 2.45) is 0 Å². The van der Waals surface area contributed by atoms with Crippen LogP contribution in [0.15, 0.2) is 55.4 Å². The summed E-state index contributed by atoms with van der Waals surface area (Å²) in [5.41, 5.74) is 0.812. The summed E-state index contributed by atoms with van der Waals surface area (Å²) in [5.74, 6) is -0.856. The first-order valence-electron chi connectivity index (χ1n) is 12.2. The van der Waals surface area contributed by atoms with E-state index in [1.165, 1.54) is 25.6 Å². The minimum Gasteiger partial charge on any atom is -0.493 e. The maximum Gasteiger partial charge on any atom is 0.230 e. The SMILES string of the molecule is C#CN(CC=C)CCCOc1cc2ncnc(Nc3cc(CC(=O)Nc4cccc(F)c4F)[nH]n3)c2cc1OC. The van der Waals surface area contributed by atoms with Crippen molar-refractivity contribution >= 4 is 34.1 Å². The highest BCUT2D eigenvalue weighted by Crippen LogP contribution is 2.34. The molecule has 0 aliphatic heterocycles. The number of carbonyl (C=O) groups excluding carboxylic acids is 1. The van der Waals surface area contributed by atoms with Gasteiger partial charge < -0.3 is 25.0 Å². The van der Waals surface area contributed by atoms with E-state index in [9.17, 15) is 13.6 Å². The van der Waals surface area contributed by atoms with E-state index in [1.54, 1.807) is 29.2 Å². The topological polar surface area (TPSA) is 117 Å². The van der Waals surface area contributed by atoms with E-state index in [4.69, 9.17) is 15.9 Å². The van der Waals surface area contributed by atoms with Crippen LogP contribution in [0.5, 0.6) is 11.5 Å². The monoisotopic (exact) mass is 547 g/mol. The van der Waals surface area contributed by atoms with Gasteiger partial charge in [-0.05, 0) is 24.6 Å². The van der Waals surface area contributed by atoms with Gasteiger partial charge in [0.25, 0.3) is 0 Å². The molecule has 2 heterocycles. The first kappa shape index (κ1) is 27.8. The summed E-state index contributed by atoms with van der Waals surface area (Å²) < 4.78 is 38.7. The van der Waals surface area contributed by atoms with Crippen LogP contribution >= 0.6 is 0 Å². The molecule has 1 amide bonds. The van der Waals surface area contributed by atoms with Gasteiger partial charge in [0.05, 0.1) is 31.3 Å². The molecule has 12 heteroatoms. The highest BCUT2D eigenvalue weighted by molar-refractivity contribution is 5.93. The summed E-state index contributed by atoms with van der Waals surface area (Å²) in [4.78, 5) is 22.8. The number of carbonyl (C=O) groups is 1. The Morgan fingerprint density at radius 2 is 2.10 bits per heavy atom. The second-order valence-electron chi connectivity index (χ2n) is 8.54. The van der Waals surface area contributed by atoms with E-state index < -0.39 is 17.5 Å². The molecule has 0 aliphatic rings. The number of ether oxygens (including phenoxy) is 2. The Morgan fingerprint density at radius 1 is 1.25 bits per heavy atom. The Bertz CT molecular complexity index is 1550. The lowest BCUT2D eigenvalue weighted by atomic mass is 10.2. The average Bonchev–Trinajstić information content (AvgIpc) is 3.39. The normalized spacial score (nSPS) is 10.6. The zero-order valence-electron chi connectivity index (χ0n) is 21.7. The largest absolute Gasteiger partial charge is 0.493 e. The van der Waals surface area contributed by atoms with E-state index in [1.807, 2.05) is 0 Å². The Labute approximate surface area is 229 Å². The maximum atomic E-state index is 13.8. The molecule has 10 nitrogen and oxygen atoms in total. The fraction of sp³-hybridized carbons (Fsp3) is 0.214. The fourth-order valence-corrected chi connectivity index (χ4v) is 3.84. The van der Waals surface area contributed by atoms with E-state index in [-0.39, 0.29) is 12.1 Å². The highest BCUT2D eigenvalue weighted by Gasteiger charge is 2.15. The number of benzene rings is 2. The van der Waals surface area contributed by atoms with Crippen molar-refractivity contribution < 1.29 is 23.0 Å². The van der Waals surface area contributed by atoms with Gasteiger partial charge in [0.1, 0.15) is 12.1 Å². The molecule has 206 valence electrons. The Hall–Kier alpha value is -5.18. The van der Waals surface area contributed by atoms with Crippen molar-refractivity contribution in [2.45, 2.75) is 12.8 Å². The number of aromatic amines is 1. The van der Waals surface area contributed by atoms with Crippen molar-refractivity contribution in [1.82, 2.24) is 25.1 Å². The number of hydrogen-bond acceptors (Lipinski definition) is 8. The number of anilines is 3. The lowest BCUT2D eigenvalue weighted by Crippen LogP contribution is -2.20. The number of hydrogen-bond donors (Lipinski definition) is 3. The summed E-state index contributed by atoms with van der Waals surface area (Å²) in [6.45, 7) is 5.37. The van der Waals surface area contributed by atoms with E-state index >= 15 is 0 Å². The van der Waals surface area contributed by atoms with Crippen LogP contribution in [0.2, 0.25) is 0 Å². The van der Waals surface area contributed by atoms with Gasteiger partial charge in [-0.25, -0.2) is 18.7 Å². The van der Waals surface area contributed by atoms with Crippen molar-refractivity contribution in [2.75, 3.05) is 37.4 Å². The minimum absolute atomic E-state index is 0.142. The van der Waals surface area contributed by atoms with Gasteiger partial charge in [-0.2, -0.15) is 5.10 Å². The third-order valence-electron chi connectivity index (χ3n) is 5.74. The molecule has 2 aromatic heterocycles. The lowest BCUT2D eigenvalue weighted by Gasteiger charge is -2.16. The molecular formula is C28H27F2N7O3. The molecule has 0 fully saturated rings. The standard InChI is InChI=1S/C28H27F2N7O3/c1-4-10-37(5-2)11-7-12-40-24-16-22-19(15-23(24)39-3)28(32-17-31-22)34-25-13-18(35-36-25)14-26(38)33-21-9-6-8-20(29)27(21)30/h2,4,6,8-9,13,15-17H,1,7,10-12,14H2,3H3,(H,33,38)(H2,31,32,34,35,36). The molecule has 0 atom stereocenters. The molecule has 0 aliphatic carbocycles. The van der Waals surface area contributed by atoms with Crippen LogP contribution < -0.4 is 20.1 Å². The molecule has 0 saturated heterocycles.